The van der Waals surface area contributed by atoms with Crippen molar-refractivity contribution in [3.05, 3.63) is 41.3 Å². The van der Waals surface area contributed by atoms with E-state index in [2.05, 4.69) is 29.1 Å². The van der Waals surface area contributed by atoms with E-state index in [0.29, 0.717) is 24.5 Å². The first-order valence-corrected chi connectivity index (χ1v) is 8.98. The van der Waals surface area contributed by atoms with Crippen LogP contribution in [0.3, 0.4) is 0 Å². The zero-order valence-corrected chi connectivity index (χ0v) is 14.6. The van der Waals surface area contributed by atoms with E-state index >= 15 is 0 Å². The molecule has 0 amide bonds. The molecule has 1 aromatic carbocycles. The first kappa shape index (κ1) is 16.2. The molecule has 0 aliphatic carbocycles. The number of hydrogen-bond acceptors (Lipinski definition) is 5. The second-order valence-corrected chi connectivity index (χ2v) is 7.90. The van der Waals surface area contributed by atoms with E-state index in [-0.39, 0.29) is 10.9 Å². The Kier molecular flexibility index (Phi) is 4.03. The SMILES string of the molecule is Cc1ccccc1N(C)C1CN([S+](=O)([O-])c2c(C)noc2C)C1. The van der Waals surface area contributed by atoms with Crippen LogP contribution in [0.5, 0.6) is 0 Å². The van der Waals surface area contributed by atoms with Crippen LogP contribution in [-0.4, -0.2) is 40.2 Å². The Bertz CT molecular complexity index is 748. The highest BCUT2D eigenvalue weighted by atomic mass is 32.3. The summed E-state index contributed by atoms with van der Waals surface area (Å²) < 4.78 is 31.9. The van der Waals surface area contributed by atoms with Gasteiger partial charge in [-0.1, -0.05) is 27.6 Å². The lowest BCUT2D eigenvalue weighted by atomic mass is 10.1. The molecule has 1 aliphatic heterocycles. The van der Waals surface area contributed by atoms with Crippen LogP contribution in [0.15, 0.2) is 33.7 Å². The highest BCUT2D eigenvalue weighted by molar-refractivity contribution is 7.95. The van der Waals surface area contributed by atoms with E-state index in [1.165, 1.54) is 9.87 Å². The van der Waals surface area contributed by atoms with Gasteiger partial charge in [0.15, 0.2) is 16.2 Å². The Morgan fingerprint density at radius 1 is 1.30 bits per heavy atom. The van der Waals surface area contributed by atoms with Crippen molar-refractivity contribution in [1.82, 2.24) is 9.46 Å². The molecule has 1 atom stereocenters. The molecule has 1 saturated heterocycles. The van der Waals surface area contributed by atoms with Crippen LogP contribution in [0.1, 0.15) is 17.0 Å². The van der Waals surface area contributed by atoms with Crippen molar-refractivity contribution in [3.63, 3.8) is 0 Å². The summed E-state index contributed by atoms with van der Waals surface area (Å²) in [5.41, 5.74) is 2.73. The summed E-state index contributed by atoms with van der Waals surface area (Å²) in [6, 6.07) is 8.28. The van der Waals surface area contributed by atoms with Crippen molar-refractivity contribution < 1.29 is 13.3 Å². The van der Waals surface area contributed by atoms with Crippen molar-refractivity contribution in [2.24, 2.45) is 0 Å². The molecule has 0 bridgehead atoms. The molecule has 23 heavy (non-hydrogen) atoms. The van der Waals surface area contributed by atoms with Gasteiger partial charge in [0, 0.05) is 19.7 Å². The fourth-order valence-corrected chi connectivity index (χ4v) is 4.79. The summed E-state index contributed by atoms with van der Waals surface area (Å²) in [6.45, 7) is 6.28. The van der Waals surface area contributed by atoms with Gasteiger partial charge >= 0.3 is 0 Å². The van der Waals surface area contributed by atoms with Crippen LogP contribution >= 0.6 is 0 Å². The number of nitrogens with zero attached hydrogens (tertiary/aromatic N) is 3. The van der Waals surface area contributed by atoms with Crippen molar-refractivity contribution in [3.8, 4) is 0 Å². The largest absolute Gasteiger partial charge is 0.593 e. The summed E-state index contributed by atoms with van der Waals surface area (Å²) in [5, 5.41) is 3.75. The molecule has 1 unspecified atom stereocenters. The lowest BCUT2D eigenvalue weighted by Crippen LogP contribution is -2.62. The smallest absolute Gasteiger partial charge is 0.240 e. The number of benzene rings is 1. The second kappa shape index (κ2) is 5.74. The molecule has 124 valence electrons. The molecule has 7 heteroatoms. The number of aromatic nitrogens is 1. The number of para-hydroxylation sites is 1. The summed E-state index contributed by atoms with van der Waals surface area (Å²) in [7, 11) is -1.52. The third kappa shape index (κ3) is 2.69. The number of sulfonamides is 1. The van der Waals surface area contributed by atoms with Crippen LogP contribution in [0.2, 0.25) is 0 Å². The maximum absolute atomic E-state index is 12.7. The molecule has 1 aliphatic rings. The quantitative estimate of drug-likeness (QED) is 0.802. The second-order valence-electron chi connectivity index (χ2n) is 6.03. The fraction of sp³-hybridized carbons (Fsp3) is 0.438. The number of rotatable bonds is 4. The van der Waals surface area contributed by atoms with Gasteiger partial charge in [-0.25, -0.2) is 0 Å². The Labute approximate surface area is 137 Å². The monoisotopic (exact) mass is 335 g/mol. The maximum Gasteiger partial charge on any atom is 0.240 e. The molecule has 0 saturated carbocycles. The van der Waals surface area contributed by atoms with Crippen molar-refractivity contribution in [1.29, 1.82) is 0 Å². The Morgan fingerprint density at radius 2 is 1.96 bits per heavy atom. The summed E-state index contributed by atoms with van der Waals surface area (Å²) >= 11 is 0. The zero-order chi connectivity index (χ0) is 16.8. The van der Waals surface area contributed by atoms with E-state index in [1.54, 1.807) is 13.8 Å². The van der Waals surface area contributed by atoms with E-state index < -0.39 is 10.4 Å². The third-order valence-corrected chi connectivity index (χ3v) is 6.51. The predicted octanol–water partition coefficient (Wildman–Crippen LogP) is 2.32. The molecule has 2 aromatic rings. The van der Waals surface area contributed by atoms with Gasteiger partial charge in [-0.05, 0) is 25.5 Å². The average Bonchev–Trinajstić information content (AvgIpc) is 2.77. The Balaban J connectivity index is 1.74. The van der Waals surface area contributed by atoms with Gasteiger partial charge in [0.05, 0.1) is 19.1 Å². The van der Waals surface area contributed by atoms with E-state index in [9.17, 15) is 8.76 Å². The molecular weight excluding hydrogens is 314 g/mol. The Morgan fingerprint density at radius 3 is 2.52 bits per heavy atom. The first-order chi connectivity index (χ1) is 10.8. The lowest BCUT2D eigenvalue weighted by molar-refractivity contribution is 0.235. The molecule has 3 rings (SSSR count). The molecule has 0 radical (unpaired) electrons. The van der Waals surface area contributed by atoms with Crippen LogP contribution in [0.25, 0.3) is 0 Å². The number of likely N-dealkylation sites (N-methyl/N-ethyl adjacent to an activating group) is 1. The minimum Gasteiger partial charge on any atom is -0.593 e. The minimum absolute atomic E-state index is 0.173. The molecule has 0 N–H and O–H groups in total. The van der Waals surface area contributed by atoms with Crippen molar-refractivity contribution in [2.45, 2.75) is 31.7 Å². The molecule has 0 spiro atoms. The van der Waals surface area contributed by atoms with Gasteiger partial charge in [-0.2, -0.15) is 0 Å². The highest BCUT2D eigenvalue weighted by Crippen LogP contribution is 2.33. The maximum atomic E-state index is 12.7. The lowest BCUT2D eigenvalue weighted by Gasteiger charge is -2.44. The number of hydrogen-bond donors (Lipinski definition) is 0. The molecule has 6 nitrogen and oxygen atoms in total. The molecule has 2 heterocycles. The standard InChI is InChI=1S/C16H21N3O3S/c1-11-7-5-6-8-15(11)18(4)14-9-19(10-14)23(20,21)16-12(2)17-22-13(16)3/h5-8,14H,9-10H2,1-4H3. The van der Waals surface area contributed by atoms with Gasteiger partial charge in [-0.15, -0.1) is 4.31 Å². The van der Waals surface area contributed by atoms with Gasteiger partial charge in [0.1, 0.15) is 5.69 Å². The van der Waals surface area contributed by atoms with Crippen LogP contribution in [0, 0.1) is 20.8 Å². The van der Waals surface area contributed by atoms with Gasteiger partial charge in [-0.3, -0.25) is 0 Å². The number of aryl methyl sites for hydroxylation is 3. The fourth-order valence-electron chi connectivity index (χ4n) is 2.99. The third-order valence-electron chi connectivity index (χ3n) is 4.44. The minimum atomic E-state index is -3.53. The molecule has 1 aromatic heterocycles. The number of anilines is 1. The summed E-state index contributed by atoms with van der Waals surface area (Å²) in [4.78, 5) is 2.35. The van der Waals surface area contributed by atoms with E-state index in [0.717, 1.165) is 5.69 Å². The summed E-state index contributed by atoms with van der Waals surface area (Å²) in [6.07, 6.45) is 0. The summed E-state index contributed by atoms with van der Waals surface area (Å²) in [5.74, 6) is 0.346. The van der Waals surface area contributed by atoms with Crippen LogP contribution in [0.4, 0.5) is 5.69 Å². The van der Waals surface area contributed by atoms with Crippen molar-refractivity contribution >= 4 is 16.1 Å². The van der Waals surface area contributed by atoms with Gasteiger partial charge < -0.3 is 14.0 Å². The Hall–Kier alpha value is -1.70. The van der Waals surface area contributed by atoms with Crippen LogP contribution < -0.4 is 4.90 Å². The molecule has 1 fully saturated rings. The van der Waals surface area contributed by atoms with E-state index in [4.69, 9.17) is 4.52 Å². The zero-order valence-electron chi connectivity index (χ0n) is 13.8. The molecular formula is C16H21N3O3S. The van der Waals surface area contributed by atoms with Gasteiger partial charge in [0.2, 0.25) is 4.90 Å². The predicted molar refractivity (Wildman–Crippen MR) is 88.0 cm³/mol. The van der Waals surface area contributed by atoms with Crippen LogP contribution in [-0.2, 0) is 14.6 Å². The first-order valence-electron chi connectivity index (χ1n) is 7.54. The normalized spacial score (nSPS) is 18.5. The van der Waals surface area contributed by atoms with E-state index in [1.807, 2.05) is 19.2 Å². The van der Waals surface area contributed by atoms with Crippen molar-refractivity contribution in [2.75, 3.05) is 25.0 Å². The topological polar surface area (TPSA) is 72.6 Å². The highest BCUT2D eigenvalue weighted by Gasteiger charge is 2.45. The average molecular weight is 335 g/mol. The van der Waals surface area contributed by atoms with Gasteiger partial charge in [0.25, 0.3) is 0 Å².